The molecule has 0 saturated carbocycles. The van der Waals surface area contributed by atoms with E-state index >= 15 is 0 Å². The molecule has 0 radical (unpaired) electrons. The summed E-state index contributed by atoms with van der Waals surface area (Å²) in [7, 11) is 0. The first-order valence-electron chi connectivity index (χ1n) is 8.15. The van der Waals surface area contributed by atoms with Crippen LogP contribution in [0.25, 0.3) is 0 Å². The molecule has 0 aromatic carbocycles. The Kier molecular flexibility index (Phi) is 4.92. The van der Waals surface area contributed by atoms with Crippen LogP contribution in [0, 0.1) is 0 Å². The third-order valence-corrected chi connectivity index (χ3v) is 3.41. The van der Waals surface area contributed by atoms with Gasteiger partial charge in [0.15, 0.2) is 6.29 Å². The number of likely N-dealkylation sites (tertiary alicyclic amines) is 1. The van der Waals surface area contributed by atoms with Gasteiger partial charge in [0.25, 0.3) is 0 Å². The summed E-state index contributed by atoms with van der Waals surface area (Å²) < 4.78 is 11.8. The van der Waals surface area contributed by atoms with Gasteiger partial charge in [0.2, 0.25) is 0 Å². The molecule has 25 heavy (non-hydrogen) atoms. The average Bonchev–Trinajstić information content (AvgIpc) is 2.76. The molecule has 2 rings (SSSR count). The van der Waals surface area contributed by atoms with Crippen LogP contribution in [0.2, 0.25) is 0 Å². The number of aromatic nitrogens is 2. The van der Waals surface area contributed by atoms with E-state index < -0.39 is 23.4 Å². The minimum absolute atomic E-state index is 0.125. The van der Waals surface area contributed by atoms with E-state index in [0.29, 0.717) is 25.2 Å². The highest BCUT2D eigenvalue weighted by Crippen LogP contribution is 2.28. The van der Waals surface area contributed by atoms with E-state index in [0.717, 1.165) is 0 Å². The number of carbonyl (C=O) groups is 3. The van der Waals surface area contributed by atoms with Gasteiger partial charge in [-0.15, -0.1) is 0 Å². The molecular formula is C17H25N3O5. The van der Waals surface area contributed by atoms with Crippen LogP contribution in [0.15, 0.2) is 6.20 Å². The van der Waals surface area contributed by atoms with Gasteiger partial charge in [-0.3, -0.25) is 4.79 Å². The van der Waals surface area contributed by atoms with E-state index in [1.54, 1.807) is 41.5 Å². The van der Waals surface area contributed by atoms with Crippen molar-refractivity contribution in [1.29, 1.82) is 0 Å². The number of nitrogens with zero attached hydrogens (tertiary/aromatic N) is 3. The summed E-state index contributed by atoms with van der Waals surface area (Å²) in [6, 6.07) is 0. The van der Waals surface area contributed by atoms with Crippen molar-refractivity contribution in [2.75, 3.05) is 13.1 Å². The minimum atomic E-state index is -0.694. The Balaban J connectivity index is 2.12. The smallest absolute Gasteiger partial charge is 0.420 e. The van der Waals surface area contributed by atoms with Crippen LogP contribution in [0.4, 0.5) is 9.59 Å². The fourth-order valence-corrected chi connectivity index (χ4v) is 2.38. The van der Waals surface area contributed by atoms with Gasteiger partial charge in [-0.1, -0.05) is 0 Å². The lowest BCUT2D eigenvalue weighted by Gasteiger charge is -2.39. The summed E-state index contributed by atoms with van der Waals surface area (Å²) in [6.45, 7) is 11.4. The van der Waals surface area contributed by atoms with Crippen LogP contribution in [-0.2, 0) is 9.47 Å². The van der Waals surface area contributed by atoms with Gasteiger partial charge in [0.1, 0.15) is 22.7 Å². The van der Waals surface area contributed by atoms with E-state index in [1.165, 1.54) is 15.7 Å². The van der Waals surface area contributed by atoms with Crippen molar-refractivity contribution in [2.24, 2.45) is 0 Å². The molecule has 1 aromatic rings. The van der Waals surface area contributed by atoms with Crippen LogP contribution >= 0.6 is 0 Å². The topological polar surface area (TPSA) is 90.7 Å². The minimum Gasteiger partial charge on any atom is -0.444 e. The van der Waals surface area contributed by atoms with Crippen molar-refractivity contribution in [1.82, 2.24) is 14.5 Å². The van der Waals surface area contributed by atoms with E-state index in [9.17, 15) is 14.4 Å². The predicted octanol–water partition coefficient (Wildman–Crippen LogP) is 2.81. The Morgan fingerprint density at radius 2 is 1.60 bits per heavy atom. The molecular weight excluding hydrogens is 326 g/mol. The third kappa shape index (κ3) is 4.58. The molecule has 0 unspecified atom stereocenters. The first-order valence-corrected chi connectivity index (χ1v) is 8.15. The van der Waals surface area contributed by atoms with Gasteiger partial charge in [-0.05, 0) is 41.5 Å². The molecule has 0 bridgehead atoms. The molecule has 0 spiro atoms. The highest BCUT2D eigenvalue weighted by Gasteiger charge is 2.38. The highest BCUT2D eigenvalue weighted by molar-refractivity contribution is 5.82. The number of amides is 1. The largest absolute Gasteiger partial charge is 0.444 e. The molecule has 1 amide bonds. The first-order chi connectivity index (χ1) is 11.4. The standard InChI is InChI=1S/C17H25N3O5/c1-16(2,3)24-14(22)19-8-11(9-19)13-18-7-12(10-21)20(13)15(23)25-17(4,5)6/h7,10-11H,8-9H2,1-6H3. The summed E-state index contributed by atoms with van der Waals surface area (Å²) in [4.78, 5) is 41.3. The van der Waals surface area contributed by atoms with Crippen molar-refractivity contribution in [3.63, 3.8) is 0 Å². The Morgan fingerprint density at radius 3 is 2.08 bits per heavy atom. The van der Waals surface area contributed by atoms with Gasteiger partial charge in [0.05, 0.1) is 12.1 Å². The number of hydrogen-bond acceptors (Lipinski definition) is 6. The second kappa shape index (κ2) is 6.50. The summed E-state index contributed by atoms with van der Waals surface area (Å²) in [5.74, 6) is 0.255. The molecule has 8 nitrogen and oxygen atoms in total. The number of carbonyl (C=O) groups excluding carboxylic acids is 3. The first kappa shape index (κ1) is 19.0. The third-order valence-electron chi connectivity index (χ3n) is 3.41. The summed E-state index contributed by atoms with van der Waals surface area (Å²) in [5.41, 5.74) is -1.14. The molecule has 0 aliphatic carbocycles. The van der Waals surface area contributed by atoms with Crippen LogP contribution in [-0.4, -0.2) is 57.2 Å². The number of hydrogen-bond donors (Lipinski definition) is 0. The van der Waals surface area contributed by atoms with Crippen molar-refractivity contribution in [3.8, 4) is 0 Å². The van der Waals surface area contributed by atoms with Crippen molar-refractivity contribution in [2.45, 2.75) is 58.7 Å². The maximum Gasteiger partial charge on any atom is 0.420 e. The van der Waals surface area contributed by atoms with Crippen molar-refractivity contribution < 1.29 is 23.9 Å². The number of imidazole rings is 1. The predicted molar refractivity (Wildman–Crippen MR) is 89.8 cm³/mol. The zero-order chi connectivity index (χ0) is 19.0. The lowest BCUT2D eigenvalue weighted by molar-refractivity contribution is 0.00709. The maximum absolute atomic E-state index is 12.4. The lowest BCUT2D eigenvalue weighted by atomic mass is 10.00. The number of rotatable bonds is 2. The molecule has 1 aliphatic rings. The SMILES string of the molecule is CC(C)(C)OC(=O)N1CC(c2ncc(C=O)n2C(=O)OC(C)(C)C)C1. The molecule has 1 aliphatic heterocycles. The van der Waals surface area contributed by atoms with Crippen molar-refractivity contribution in [3.05, 3.63) is 17.7 Å². The van der Waals surface area contributed by atoms with E-state index in [-0.39, 0.29) is 11.6 Å². The maximum atomic E-state index is 12.4. The zero-order valence-corrected chi connectivity index (χ0v) is 15.5. The fraction of sp³-hybridized carbons (Fsp3) is 0.647. The number of aldehydes is 1. The second-order valence-electron chi connectivity index (χ2n) is 8.06. The Bertz CT molecular complexity index is 675. The summed E-state index contributed by atoms with van der Waals surface area (Å²) >= 11 is 0. The van der Waals surface area contributed by atoms with Crippen LogP contribution in [0.5, 0.6) is 0 Å². The Labute approximate surface area is 147 Å². The molecule has 1 saturated heterocycles. The molecule has 138 valence electrons. The number of ether oxygens (including phenoxy) is 2. The zero-order valence-electron chi connectivity index (χ0n) is 15.5. The van der Waals surface area contributed by atoms with Crippen LogP contribution < -0.4 is 0 Å². The molecule has 2 heterocycles. The normalized spacial score (nSPS) is 15.5. The Morgan fingerprint density at radius 1 is 1.08 bits per heavy atom. The molecule has 1 fully saturated rings. The van der Waals surface area contributed by atoms with E-state index in [4.69, 9.17) is 9.47 Å². The summed E-state index contributed by atoms with van der Waals surface area (Å²) in [5, 5.41) is 0. The highest BCUT2D eigenvalue weighted by atomic mass is 16.6. The summed E-state index contributed by atoms with van der Waals surface area (Å²) in [6.07, 6.45) is 0.833. The second-order valence-corrected chi connectivity index (χ2v) is 8.06. The van der Waals surface area contributed by atoms with Crippen LogP contribution in [0.3, 0.4) is 0 Å². The quantitative estimate of drug-likeness (QED) is 0.761. The van der Waals surface area contributed by atoms with Gasteiger partial charge >= 0.3 is 12.2 Å². The van der Waals surface area contributed by atoms with Crippen LogP contribution in [0.1, 0.15) is 63.8 Å². The van der Waals surface area contributed by atoms with Gasteiger partial charge in [-0.2, -0.15) is 0 Å². The van der Waals surface area contributed by atoms with Gasteiger partial charge in [0, 0.05) is 13.1 Å². The van der Waals surface area contributed by atoms with Crippen molar-refractivity contribution >= 4 is 18.5 Å². The monoisotopic (exact) mass is 351 g/mol. The Hall–Kier alpha value is -2.38. The van der Waals surface area contributed by atoms with Gasteiger partial charge < -0.3 is 14.4 Å². The molecule has 8 heteroatoms. The fourth-order valence-electron chi connectivity index (χ4n) is 2.38. The molecule has 0 atom stereocenters. The molecule has 0 N–H and O–H groups in total. The van der Waals surface area contributed by atoms with E-state index in [1.807, 2.05) is 0 Å². The lowest BCUT2D eigenvalue weighted by Crippen LogP contribution is -2.51. The van der Waals surface area contributed by atoms with Gasteiger partial charge in [-0.25, -0.2) is 19.1 Å². The average molecular weight is 351 g/mol. The van der Waals surface area contributed by atoms with E-state index in [2.05, 4.69) is 4.98 Å². The molecule has 1 aromatic heterocycles.